The topological polar surface area (TPSA) is 102 Å². The summed E-state index contributed by atoms with van der Waals surface area (Å²) in [4.78, 5) is 36.6. The highest BCUT2D eigenvalue weighted by Crippen LogP contribution is 2.22. The minimum atomic E-state index is -0.966. The molecule has 0 unspecified atom stereocenters. The molecule has 2 N–H and O–H groups in total. The fourth-order valence-electron chi connectivity index (χ4n) is 2.99. The number of nitrogens with zero attached hydrogens (tertiary/aromatic N) is 2. The highest BCUT2D eigenvalue weighted by atomic mass is 16.5. The van der Waals surface area contributed by atoms with Gasteiger partial charge in [0, 0.05) is 19.2 Å². The number of carbonyl (C=O) groups is 3. The van der Waals surface area contributed by atoms with E-state index in [1.54, 1.807) is 30.8 Å². The number of nitrogens with one attached hydrogen (secondary N) is 2. The lowest BCUT2D eigenvalue weighted by atomic mass is 9.87. The maximum Gasteiger partial charge on any atom is 0.308 e. The lowest BCUT2D eigenvalue weighted by Crippen LogP contribution is -2.32. The van der Waals surface area contributed by atoms with Gasteiger partial charge >= 0.3 is 5.97 Å². The second-order valence-corrected chi connectivity index (χ2v) is 8.62. The fraction of sp³-hybridized carbons (Fsp3) is 0.478. The van der Waals surface area contributed by atoms with E-state index >= 15 is 0 Å². The Kier molecular flexibility index (Phi) is 7.60. The summed E-state index contributed by atoms with van der Waals surface area (Å²) in [5.41, 5.74) is 3.77. The van der Waals surface area contributed by atoms with Crippen molar-refractivity contribution in [3.8, 4) is 0 Å². The van der Waals surface area contributed by atoms with Crippen molar-refractivity contribution in [2.24, 2.45) is 7.05 Å². The summed E-state index contributed by atoms with van der Waals surface area (Å²) < 4.78 is 6.85. The highest BCUT2D eigenvalue weighted by Gasteiger charge is 2.21. The van der Waals surface area contributed by atoms with Crippen LogP contribution >= 0.6 is 0 Å². The van der Waals surface area contributed by atoms with E-state index in [2.05, 4.69) is 36.5 Å². The Hall–Kier alpha value is -3.16. The van der Waals surface area contributed by atoms with Gasteiger partial charge < -0.3 is 15.4 Å². The molecule has 8 heteroatoms. The van der Waals surface area contributed by atoms with E-state index in [9.17, 15) is 14.4 Å². The van der Waals surface area contributed by atoms with Crippen LogP contribution in [0.2, 0.25) is 0 Å². The first kappa shape index (κ1) is 24.1. The van der Waals surface area contributed by atoms with E-state index in [1.165, 1.54) is 6.92 Å². The minimum absolute atomic E-state index is 0.0101. The number of hydrogen-bond donors (Lipinski definition) is 2. The molecular formula is C23H32N4O4. The minimum Gasteiger partial charge on any atom is -0.452 e. The predicted octanol–water partition coefficient (Wildman–Crippen LogP) is 3.02. The van der Waals surface area contributed by atoms with E-state index in [4.69, 9.17) is 4.74 Å². The SMILES string of the molecule is Cc1nn(C)c(C)c1NC(=O)[C@H](C)OC(=O)CCNC(=O)c1ccc(C(C)(C)C)cc1. The summed E-state index contributed by atoms with van der Waals surface area (Å²) in [5.74, 6) is -1.26. The Morgan fingerprint density at radius 2 is 1.74 bits per heavy atom. The third-order valence-corrected chi connectivity index (χ3v) is 5.06. The number of ether oxygens (including phenoxy) is 1. The summed E-state index contributed by atoms with van der Waals surface area (Å²) in [6, 6.07) is 7.39. The normalized spacial score (nSPS) is 12.2. The van der Waals surface area contributed by atoms with Crippen molar-refractivity contribution < 1.29 is 19.1 Å². The third-order valence-electron chi connectivity index (χ3n) is 5.06. The van der Waals surface area contributed by atoms with Crippen LogP contribution in [0.15, 0.2) is 24.3 Å². The van der Waals surface area contributed by atoms with Crippen molar-refractivity contribution in [3.05, 3.63) is 46.8 Å². The number of anilines is 1. The van der Waals surface area contributed by atoms with Gasteiger partial charge in [-0.15, -0.1) is 0 Å². The molecular weight excluding hydrogens is 396 g/mol. The van der Waals surface area contributed by atoms with E-state index in [0.29, 0.717) is 16.9 Å². The van der Waals surface area contributed by atoms with Gasteiger partial charge in [-0.3, -0.25) is 19.1 Å². The molecule has 168 valence electrons. The van der Waals surface area contributed by atoms with Gasteiger partial charge in [-0.25, -0.2) is 0 Å². The third kappa shape index (κ3) is 6.41. The molecule has 2 amide bonds. The summed E-state index contributed by atoms with van der Waals surface area (Å²) in [5, 5.41) is 9.68. The molecule has 0 fully saturated rings. The van der Waals surface area contributed by atoms with Crippen LogP contribution in [0.1, 0.15) is 61.4 Å². The number of amides is 2. The van der Waals surface area contributed by atoms with Crippen LogP contribution in [-0.4, -0.2) is 40.2 Å². The van der Waals surface area contributed by atoms with Crippen molar-refractivity contribution in [3.63, 3.8) is 0 Å². The zero-order valence-corrected chi connectivity index (χ0v) is 19.3. The zero-order valence-electron chi connectivity index (χ0n) is 19.3. The van der Waals surface area contributed by atoms with Gasteiger partial charge in [-0.05, 0) is 43.9 Å². The van der Waals surface area contributed by atoms with Gasteiger partial charge in [-0.2, -0.15) is 5.10 Å². The van der Waals surface area contributed by atoms with Crippen molar-refractivity contribution in [2.45, 2.75) is 59.5 Å². The number of aryl methyl sites for hydroxylation is 2. The van der Waals surface area contributed by atoms with Crippen molar-refractivity contribution in [2.75, 3.05) is 11.9 Å². The van der Waals surface area contributed by atoms with E-state index in [1.807, 2.05) is 19.1 Å². The molecule has 0 saturated carbocycles. The molecule has 2 rings (SSSR count). The Balaban J connectivity index is 1.79. The molecule has 1 aromatic carbocycles. The Morgan fingerprint density at radius 1 is 1.13 bits per heavy atom. The lowest BCUT2D eigenvalue weighted by molar-refractivity contribution is -0.153. The van der Waals surface area contributed by atoms with E-state index in [-0.39, 0.29) is 24.3 Å². The zero-order chi connectivity index (χ0) is 23.3. The maximum absolute atomic E-state index is 12.3. The number of benzene rings is 1. The fourth-order valence-corrected chi connectivity index (χ4v) is 2.99. The lowest BCUT2D eigenvalue weighted by Gasteiger charge is -2.19. The van der Waals surface area contributed by atoms with Crippen LogP contribution in [0.25, 0.3) is 0 Å². The number of hydrogen-bond acceptors (Lipinski definition) is 5. The molecule has 8 nitrogen and oxygen atoms in total. The first-order valence-electron chi connectivity index (χ1n) is 10.3. The largest absolute Gasteiger partial charge is 0.452 e. The Morgan fingerprint density at radius 3 is 2.26 bits per heavy atom. The number of esters is 1. The molecule has 31 heavy (non-hydrogen) atoms. The monoisotopic (exact) mass is 428 g/mol. The number of aromatic nitrogens is 2. The number of rotatable bonds is 7. The Labute approximate surface area is 183 Å². The van der Waals surface area contributed by atoms with Crippen LogP contribution in [0.5, 0.6) is 0 Å². The molecule has 0 aliphatic heterocycles. The van der Waals surface area contributed by atoms with Crippen LogP contribution in [0, 0.1) is 13.8 Å². The predicted molar refractivity (Wildman–Crippen MR) is 119 cm³/mol. The molecule has 0 aliphatic carbocycles. The van der Waals surface area contributed by atoms with Crippen molar-refractivity contribution in [1.82, 2.24) is 15.1 Å². The van der Waals surface area contributed by atoms with Crippen LogP contribution in [0.4, 0.5) is 5.69 Å². The standard InChI is InChI=1S/C23H32N4O4/c1-14-20(15(2)27(7)26-14)25-21(29)16(3)31-19(28)12-13-24-22(30)17-8-10-18(11-9-17)23(4,5)6/h8-11,16H,12-13H2,1-7H3,(H,24,30)(H,25,29)/t16-/m0/s1. The van der Waals surface area contributed by atoms with Crippen LogP contribution < -0.4 is 10.6 Å². The van der Waals surface area contributed by atoms with Crippen LogP contribution in [-0.2, 0) is 26.8 Å². The van der Waals surface area contributed by atoms with Crippen molar-refractivity contribution >= 4 is 23.5 Å². The quantitative estimate of drug-likeness (QED) is 0.660. The summed E-state index contributed by atoms with van der Waals surface area (Å²) >= 11 is 0. The molecule has 1 heterocycles. The molecule has 0 spiro atoms. The van der Waals surface area contributed by atoms with E-state index < -0.39 is 18.0 Å². The molecule has 0 radical (unpaired) electrons. The summed E-state index contributed by atoms with van der Waals surface area (Å²) in [6.07, 6.45) is -0.999. The summed E-state index contributed by atoms with van der Waals surface area (Å²) in [7, 11) is 1.79. The van der Waals surface area contributed by atoms with Gasteiger partial charge in [0.1, 0.15) is 0 Å². The molecule has 2 aromatic rings. The van der Waals surface area contributed by atoms with Gasteiger partial charge in [0.05, 0.1) is 23.5 Å². The first-order valence-corrected chi connectivity index (χ1v) is 10.3. The first-order chi connectivity index (χ1) is 14.4. The van der Waals surface area contributed by atoms with Gasteiger partial charge in [0.2, 0.25) is 0 Å². The molecule has 0 saturated heterocycles. The molecule has 0 aliphatic rings. The second kappa shape index (κ2) is 9.76. The maximum atomic E-state index is 12.3. The molecule has 0 bridgehead atoms. The molecule has 1 aromatic heterocycles. The second-order valence-electron chi connectivity index (χ2n) is 8.62. The van der Waals surface area contributed by atoms with Gasteiger partial charge in [-0.1, -0.05) is 32.9 Å². The molecule has 1 atom stereocenters. The van der Waals surface area contributed by atoms with E-state index in [0.717, 1.165) is 11.3 Å². The average Bonchev–Trinajstić information content (AvgIpc) is 2.93. The highest BCUT2D eigenvalue weighted by molar-refractivity contribution is 5.96. The Bertz CT molecular complexity index is 955. The van der Waals surface area contributed by atoms with Gasteiger partial charge in [0.25, 0.3) is 11.8 Å². The number of carbonyl (C=O) groups excluding carboxylic acids is 3. The smallest absolute Gasteiger partial charge is 0.308 e. The van der Waals surface area contributed by atoms with Crippen LogP contribution in [0.3, 0.4) is 0 Å². The average molecular weight is 429 g/mol. The summed E-state index contributed by atoms with van der Waals surface area (Å²) in [6.45, 7) is 11.6. The van der Waals surface area contributed by atoms with Crippen molar-refractivity contribution in [1.29, 1.82) is 0 Å². The van der Waals surface area contributed by atoms with Gasteiger partial charge in [0.15, 0.2) is 6.10 Å².